The maximum absolute atomic E-state index is 9.74. The molecule has 1 fully saturated rings. The average Bonchev–Trinajstić information content (AvgIpc) is 3.49. The summed E-state index contributed by atoms with van der Waals surface area (Å²) >= 11 is 0. The third kappa shape index (κ3) is 4.30. The van der Waals surface area contributed by atoms with Crippen LogP contribution in [0.4, 0.5) is 0 Å². The summed E-state index contributed by atoms with van der Waals surface area (Å²) in [6, 6.07) is 24.1. The van der Waals surface area contributed by atoms with Gasteiger partial charge in [0, 0.05) is 18.3 Å². The minimum atomic E-state index is -2.54. The molecule has 4 rings (SSSR count). The van der Waals surface area contributed by atoms with Gasteiger partial charge in [-0.15, -0.1) is 0 Å². The Balaban J connectivity index is 1.63. The number of hydrogen-bond donors (Lipinski definition) is 1. The molecule has 4 nitrogen and oxygen atoms in total. The SMILES string of the molecule is CC(C)(C)[Si](OC[C@@H]1CC/C(=C(\C#N)C2=NCCC2)N1)(c1ccccc1)c1ccccc1. The van der Waals surface area contributed by atoms with Crippen molar-refractivity contribution in [2.24, 2.45) is 4.99 Å². The molecule has 0 aliphatic carbocycles. The fourth-order valence-electron chi connectivity index (χ4n) is 5.07. The average molecular weight is 444 g/mol. The van der Waals surface area contributed by atoms with Crippen molar-refractivity contribution in [1.29, 1.82) is 5.26 Å². The standard InChI is InChI=1S/C27H33N3OSi/c1-27(2,3)32(22-11-6-4-7-12-22,23-13-8-5-9-14-23)31-20-21-16-17-26(30-21)24(19-28)25-15-10-18-29-25/h4-9,11-14,21,30H,10,15-18,20H2,1-3H3/b26-24-/t21-/m0/s1. The number of aliphatic imine (C=N–C) groups is 1. The van der Waals surface area contributed by atoms with Gasteiger partial charge in [-0.2, -0.15) is 5.26 Å². The van der Waals surface area contributed by atoms with Crippen LogP contribution in [0.15, 0.2) is 76.9 Å². The lowest BCUT2D eigenvalue weighted by molar-refractivity contribution is 0.263. The van der Waals surface area contributed by atoms with Crippen molar-refractivity contribution in [3.05, 3.63) is 71.9 Å². The van der Waals surface area contributed by atoms with E-state index >= 15 is 0 Å². The summed E-state index contributed by atoms with van der Waals surface area (Å²) in [6.07, 6.45) is 3.83. The minimum Gasteiger partial charge on any atom is -0.405 e. The number of allylic oxidation sites excluding steroid dienone is 2. The van der Waals surface area contributed by atoms with Crippen LogP contribution in [0.2, 0.25) is 5.04 Å². The van der Waals surface area contributed by atoms with Gasteiger partial charge in [0.15, 0.2) is 0 Å². The van der Waals surface area contributed by atoms with E-state index in [2.05, 4.69) is 97.8 Å². The van der Waals surface area contributed by atoms with Gasteiger partial charge in [-0.25, -0.2) is 0 Å². The van der Waals surface area contributed by atoms with Gasteiger partial charge in [-0.3, -0.25) is 4.99 Å². The summed E-state index contributed by atoms with van der Waals surface area (Å²) in [5, 5.41) is 15.9. The Morgan fingerprint density at radius 2 is 1.69 bits per heavy atom. The number of hydrogen-bond acceptors (Lipinski definition) is 4. The molecule has 0 unspecified atom stereocenters. The van der Waals surface area contributed by atoms with Crippen LogP contribution in [-0.2, 0) is 4.43 Å². The van der Waals surface area contributed by atoms with Gasteiger partial charge in [0.25, 0.3) is 8.32 Å². The molecule has 2 aromatic rings. The number of rotatable bonds is 6. The van der Waals surface area contributed by atoms with Gasteiger partial charge < -0.3 is 9.74 Å². The van der Waals surface area contributed by atoms with Crippen molar-refractivity contribution in [2.45, 2.75) is 57.5 Å². The number of nitriles is 1. The maximum atomic E-state index is 9.74. The fourth-order valence-corrected chi connectivity index (χ4v) is 9.68. The quantitative estimate of drug-likeness (QED) is 0.534. The third-order valence-corrected chi connectivity index (χ3v) is 11.6. The van der Waals surface area contributed by atoms with Crippen LogP contribution in [0.1, 0.15) is 46.5 Å². The molecule has 32 heavy (non-hydrogen) atoms. The molecule has 5 heteroatoms. The van der Waals surface area contributed by atoms with Gasteiger partial charge >= 0.3 is 0 Å². The first-order chi connectivity index (χ1) is 15.5. The van der Waals surface area contributed by atoms with Gasteiger partial charge in [0.1, 0.15) is 6.07 Å². The van der Waals surface area contributed by atoms with Crippen LogP contribution in [0.5, 0.6) is 0 Å². The molecule has 2 aliphatic rings. The Bertz CT molecular complexity index is 993. The Labute approximate surface area is 193 Å². The first-order valence-corrected chi connectivity index (χ1v) is 13.5. The molecule has 0 amide bonds. The van der Waals surface area contributed by atoms with E-state index in [1.807, 2.05) is 0 Å². The van der Waals surface area contributed by atoms with Gasteiger partial charge in [-0.05, 0) is 41.1 Å². The molecule has 1 saturated heterocycles. The van der Waals surface area contributed by atoms with Crippen LogP contribution >= 0.6 is 0 Å². The molecule has 0 radical (unpaired) electrons. The van der Waals surface area contributed by atoms with Crippen molar-refractivity contribution >= 4 is 24.4 Å². The van der Waals surface area contributed by atoms with E-state index in [1.54, 1.807) is 0 Å². The molecule has 0 saturated carbocycles. The third-order valence-electron chi connectivity index (χ3n) is 6.62. The van der Waals surface area contributed by atoms with E-state index in [0.29, 0.717) is 6.61 Å². The van der Waals surface area contributed by atoms with Crippen LogP contribution < -0.4 is 15.7 Å². The highest BCUT2D eigenvalue weighted by molar-refractivity contribution is 6.99. The molecule has 1 N–H and O–H groups in total. The molecular weight excluding hydrogens is 410 g/mol. The highest BCUT2D eigenvalue weighted by Gasteiger charge is 2.50. The minimum absolute atomic E-state index is 0.0383. The lowest BCUT2D eigenvalue weighted by atomic mass is 10.1. The maximum Gasteiger partial charge on any atom is 0.261 e. The Morgan fingerprint density at radius 3 is 2.19 bits per heavy atom. The smallest absolute Gasteiger partial charge is 0.261 e. The number of nitrogens with zero attached hydrogens (tertiary/aromatic N) is 2. The Morgan fingerprint density at radius 1 is 1.06 bits per heavy atom. The van der Waals surface area contributed by atoms with E-state index in [9.17, 15) is 5.26 Å². The predicted octanol–water partition coefficient (Wildman–Crippen LogP) is 4.33. The summed E-state index contributed by atoms with van der Waals surface area (Å²) < 4.78 is 7.08. The van der Waals surface area contributed by atoms with Crippen molar-refractivity contribution in [3.8, 4) is 6.07 Å². The fraction of sp³-hybridized carbons (Fsp3) is 0.407. The second-order valence-corrected chi connectivity index (χ2v) is 14.1. The number of nitrogens with one attached hydrogen (secondary N) is 1. The second kappa shape index (κ2) is 9.44. The molecule has 0 aromatic heterocycles. The van der Waals surface area contributed by atoms with Crippen molar-refractivity contribution in [3.63, 3.8) is 0 Å². The first kappa shape index (κ1) is 22.5. The second-order valence-electron chi connectivity index (χ2n) is 9.75. The molecule has 2 heterocycles. The van der Waals surface area contributed by atoms with Gasteiger partial charge in [0.2, 0.25) is 0 Å². The largest absolute Gasteiger partial charge is 0.405 e. The van der Waals surface area contributed by atoms with E-state index in [0.717, 1.165) is 49.2 Å². The molecule has 2 aliphatic heterocycles. The van der Waals surface area contributed by atoms with Crippen molar-refractivity contribution in [2.75, 3.05) is 13.2 Å². The van der Waals surface area contributed by atoms with Crippen LogP contribution in [0.3, 0.4) is 0 Å². The molecular formula is C27H33N3OSi. The highest BCUT2D eigenvalue weighted by atomic mass is 28.4. The van der Waals surface area contributed by atoms with E-state index in [1.165, 1.54) is 10.4 Å². The molecule has 0 spiro atoms. The zero-order valence-electron chi connectivity index (χ0n) is 19.4. The molecule has 0 bridgehead atoms. The van der Waals surface area contributed by atoms with Gasteiger partial charge in [-0.1, -0.05) is 81.4 Å². The van der Waals surface area contributed by atoms with Crippen molar-refractivity contribution < 1.29 is 4.43 Å². The summed E-state index contributed by atoms with van der Waals surface area (Å²) in [5.41, 5.74) is 2.78. The lowest BCUT2D eigenvalue weighted by Crippen LogP contribution is -2.67. The topological polar surface area (TPSA) is 57.4 Å². The molecule has 1 atom stereocenters. The predicted molar refractivity (Wildman–Crippen MR) is 134 cm³/mol. The zero-order valence-corrected chi connectivity index (χ0v) is 20.4. The molecule has 2 aromatic carbocycles. The lowest BCUT2D eigenvalue weighted by Gasteiger charge is -2.43. The monoisotopic (exact) mass is 443 g/mol. The van der Waals surface area contributed by atoms with E-state index in [4.69, 9.17) is 4.43 Å². The zero-order chi connectivity index (χ0) is 22.6. The first-order valence-electron chi connectivity index (χ1n) is 11.6. The van der Waals surface area contributed by atoms with E-state index < -0.39 is 8.32 Å². The Hall–Kier alpha value is -2.68. The Kier molecular flexibility index (Phi) is 6.64. The normalized spacial score (nSPS) is 20.4. The van der Waals surface area contributed by atoms with Crippen LogP contribution in [-0.4, -0.2) is 33.2 Å². The summed E-state index contributed by atoms with van der Waals surface area (Å²) in [6.45, 7) is 8.38. The number of benzene rings is 2. The summed E-state index contributed by atoms with van der Waals surface area (Å²) in [7, 11) is -2.54. The van der Waals surface area contributed by atoms with Crippen LogP contribution in [0, 0.1) is 11.3 Å². The van der Waals surface area contributed by atoms with Crippen LogP contribution in [0.25, 0.3) is 0 Å². The summed E-state index contributed by atoms with van der Waals surface area (Å²) in [5.74, 6) is 0. The summed E-state index contributed by atoms with van der Waals surface area (Å²) in [4.78, 5) is 4.55. The van der Waals surface area contributed by atoms with Gasteiger partial charge in [0.05, 0.1) is 17.9 Å². The van der Waals surface area contributed by atoms with E-state index in [-0.39, 0.29) is 11.1 Å². The molecule has 166 valence electrons. The van der Waals surface area contributed by atoms with Crippen molar-refractivity contribution in [1.82, 2.24) is 5.32 Å². The highest BCUT2D eigenvalue weighted by Crippen LogP contribution is 2.37.